The first-order valence-electron chi connectivity index (χ1n) is 2.31. The van der Waals surface area contributed by atoms with E-state index in [1.807, 2.05) is 0 Å². The zero-order valence-corrected chi connectivity index (χ0v) is 6.12. The Labute approximate surface area is 63.0 Å². The van der Waals surface area contributed by atoms with Crippen molar-refractivity contribution in [3.05, 3.63) is 12.2 Å². The van der Waals surface area contributed by atoms with Crippen LogP contribution in [0.3, 0.4) is 0 Å². The van der Waals surface area contributed by atoms with Crippen molar-refractivity contribution >= 4 is 0 Å². The number of hydrogen-bond donors (Lipinski definition) is 0. The monoisotopic (exact) mass is 106 g/mol. The van der Waals surface area contributed by atoms with Crippen LogP contribution >= 0.6 is 0 Å². The first-order chi connectivity index (χ1) is 2.94. The van der Waals surface area contributed by atoms with Gasteiger partial charge in [-0.1, -0.05) is 25.0 Å². The minimum atomic E-state index is -0.944. The second kappa shape index (κ2) is 3.35. The first kappa shape index (κ1) is 11.1. The summed E-state index contributed by atoms with van der Waals surface area (Å²) in [5.74, 6) is 0. The predicted molar refractivity (Wildman–Crippen MR) is 28.9 cm³/mol. The fraction of sp³-hybridized carbons (Fsp3) is 0.667. The van der Waals surface area contributed by atoms with Gasteiger partial charge in [-0.25, -0.2) is 0 Å². The van der Waals surface area contributed by atoms with E-state index in [2.05, 4.69) is 6.58 Å². The smallest absolute Gasteiger partial charge is 0.847 e. The minimum absolute atomic E-state index is 0. The second-order valence-corrected chi connectivity index (χ2v) is 2.29. The number of rotatable bonds is 1. The average molecular weight is 106 g/mol. The van der Waals surface area contributed by atoms with Crippen LogP contribution < -0.4 is 24.0 Å². The zero-order chi connectivity index (χ0) is 6.08. The molecule has 0 unspecified atom stereocenters. The summed E-state index contributed by atoms with van der Waals surface area (Å²) >= 11 is 0. The van der Waals surface area contributed by atoms with Gasteiger partial charge >= 0.3 is 18.9 Å². The van der Waals surface area contributed by atoms with E-state index in [1.165, 1.54) is 0 Å². The van der Waals surface area contributed by atoms with Crippen molar-refractivity contribution < 1.29 is 24.0 Å². The van der Waals surface area contributed by atoms with E-state index in [0.29, 0.717) is 5.57 Å². The normalized spacial score (nSPS) is 10.0. The summed E-state index contributed by atoms with van der Waals surface area (Å²) < 4.78 is 0. The van der Waals surface area contributed by atoms with Crippen molar-refractivity contribution in [1.82, 2.24) is 0 Å². The molecule has 0 aliphatic heterocycles. The maximum absolute atomic E-state index is 10.7. The molecule has 0 aromatic rings. The molecule has 0 amide bonds. The van der Waals surface area contributed by atoms with E-state index in [1.54, 1.807) is 20.8 Å². The van der Waals surface area contributed by atoms with Crippen molar-refractivity contribution in [2.75, 3.05) is 0 Å². The number of hydrogen-bond acceptors (Lipinski definition) is 1. The quantitative estimate of drug-likeness (QED) is 0.272. The van der Waals surface area contributed by atoms with Gasteiger partial charge in [-0.2, -0.15) is 0 Å². The summed E-state index contributed by atoms with van der Waals surface area (Å²) in [7, 11) is 0. The minimum Gasteiger partial charge on any atom is -0.847 e. The zero-order valence-electron chi connectivity index (χ0n) is 6.12. The van der Waals surface area contributed by atoms with E-state index >= 15 is 0 Å². The van der Waals surface area contributed by atoms with E-state index in [-0.39, 0.29) is 18.9 Å². The molecule has 1 nitrogen and oxygen atoms in total. The Kier molecular flexibility index (Phi) is 4.66. The second-order valence-electron chi connectivity index (χ2n) is 2.29. The molecule has 0 aromatic heterocycles. The van der Waals surface area contributed by atoms with Gasteiger partial charge in [-0.15, -0.1) is 6.58 Å². The molecule has 8 heavy (non-hydrogen) atoms. The van der Waals surface area contributed by atoms with E-state index in [9.17, 15) is 5.11 Å². The van der Waals surface area contributed by atoms with Gasteiger partial charge in [0.05, 0.1) is 0 Å². The third-order valence-electron chi connectivity index (χ3n) is 1.03. The fourth-order valence-corrected chi connectivity index (χ4v) is 0. The standard InChI is InChI=1S/C6H11O.Li/c1-5(2)6(3,4)7;/h1H2,2-4H3;/q-1;+1. The largest absolute Gasteiger partial charge is 1.00 e. The molecule has 42 valence electrons. The molecular formula is C6H11LiO. The molecule has 0 bridgehead atoms. The van der Waals surface area contributed by atoms with Crippen LogP contribution in [0.5, 0.6) is 0 Å². The van der Waals surface area contributed by atoms with E-state index in [0.717, 1.165) is 0 Å². The Balaban J connectivity index is 0. The van der Waals surface area contributed by atoms with Crippen molar-refractivity contribution in [3.63, 3.8) is 0 Å². The molecule has 0 saturated carbocycles. The molecular weight excluding hydrogens is 95.0 g/mol. The Morgan fingerprint density at radius 1 is 1.50 bits per heavy atom. The van der Waals surface area contributed by atoms with Gasteiger partial charge in [0.2, 0.25) is 0 Å². The van der Waals surface area contributed by atoms with Crippen LogP contribution in [0.15, 0.2) is 12.2 Å². The molecule has 0 N–H and O–H groups in total. The van der Waals surface area contributed by atoms with Crippen LogP contribution in [-0.4, -0.2) is 5.60 Å². The predicted octanol–water partition coefficient (Wildman–Crippen LogP) is -2.29. The van der Waals surface area contributed by atoms with Crippen molar-refractivity contribution in [1.29, 1.82) is 0 Å². The van der Waals surface area contributed by atoms with Crippen molar-refractivity contribution in [2.24, 2.45) is 0 Å². The van der Waals surface area contributed by atoms with E-state index in [4.69, 9.17) is 0 Å². The molecule has 0 aromatic carbocycles. The Bertz CT molecular complexity index is 81.0. The van der Waals surface area contributed by atoms with Crippen LogP contribution in [-0.2, 0) is 0 Å². The van der Waals surface area contributed by atoms with Gasteiger partial charge in [0.1, 0.15) is 0 Å². The van der Waals surface area contributed by atoms with Crippen molar-refractivity contribution in [3.8, 4) is 0 Å². The summed E-state index contributed by atoms with van der Waals surface area (Å²) in [6.45, 7) is 8.47. The maximum Gasteiger partial charge on any atom is 1.00 e. The SMILES string of the molecule is C=C(C)C(C)(C)[O-].[Li+]. The molecule has 2 heteroatoms. The summed E-state index contributed by atoms with van der Waals surface area (Å²) in [6.07, 6.45) is 0. The molecule has 0 heterocycles. The third-order valence-corrected chi connectivity index (χ3v) is 1.03. The summed E-state index contributed by atoms with van der Waals surface area (Å²) in [5.41, 5.74) is -0.257. The summed E-state index contributed by atoms with van der Waals surface area (Å²) in [6, 6.07) is 0. The molecule has 0 saturated heterocycles. The molecule has 0 aliphatic rings. The Morgan fingerprint density at radius 2 is 1.62 bits per heavy atom. The molecule has 0 spiro atoms. The first-order valence-corrected chi connectivity index (χ1v) is 2.31. The van der Waals surface area contributed by atoms with Gasteiger partial charge in [0.15, 0.2) is 0 Å². The van der Waals surface area contributed by atoms with Crippen molar-refractivity contribution in [2.45, 2.75) is 26.4 Å². The summed E-state index contributed by atoms with van der Waals surface area (Å²) in [4.78, 5) is 0. The summed E-state index contributed by atoms with van der Waals surface area (Å²) in [5, 5.41) is 10.7. The maximum atomic E-state index is 10.7. The molecule has 0 radical (unpaired) electrons. The third kappa shape index (κ3) is 4.46. The average Bonchev–Trinajstić information content (AvgIpc) is 1.31. The van der Waals surface area contributed by atoms with Crippen LogP contribution in [0.1, 0.15) is 20.8 Å². The van der Waals surface area contributed by atoms with Gasteiger partial charge in [-0.3, -0.25) is 0 Å². The topological polar surface area (TPSA) is 23.1 Å². The fourth-order valence-electron chi connectivity index (χ4n) is 0. The van der Waals surface area contributed by atoms with Crippen LogP contribution in [0.25, 0.3) is 0 Å². The van der Waals surface area contributed by atoms with Gasteiger partial charge < -0.3 is 5.11 Å². The van der Waals surface area contributed by atoms with Crippen LogP contribution in [0, 0.1) is 0 Å². The van der Waals surface area contributed by atoms with Gasteiger partial charge in [-0.05, 0) is 6.92 Å². The van der Waals surface area contributed by atoms with Crippen LogP contribution in [0.2, 0.25) is 0 Å². The van der Waals surface area contributed by atoms with Gasteiger partial charge in [0, 0.05) is 0 Å². The Hall–Kier alpha value is 0.297. The van der Waals surface area contributed by atoms with E-state index < -0.39 is 5.60 Å². The molecule has 0 rings (SSSR count). The molecule has 0 fully saturated rings. The van der Waals surface area contributed by atoms with Gasteiger partial charge in [0.25, 0.3) is 0 Å². The Morgan fingerprint density at radius 3 is 1.62 bits per heavy atom. The molecule has 0 atom stereocenters. The van der Waals surface area contributed by atoms with Crippen LogP contribution in [0.4, 0.5) is 0 Å². The molecule has 0 aliphatic carbocycles.